The Morgan fingerprint density at radius 1 is 1.29 bits per heavy atom. The number of carbonyl (C=O) groups excluding carboxylic acids is 1. The fourth-order valence-corrected chi connectivity index (χ4v) is 3.78. The summed E-state index contributed by atoms with van der Waals surface area (Å²) in [6, 6.07) is 8.77. The summed E-state index contributed by atoms with van der Waals surface area (Å²) in [5.41, 5.74) is 1.27. The molecule has 0 spiro atoms. The van der Waals surface area contributed by atoms with Crippen molar-refractivity contribution < 1.29 is 9.53 Å². The SMILES string of the molecule is CN1[C@H]2CC[C@H]1CC(OC(=O)c1n[nH]c3ccccc13)C2. The van der Waals surface area contributed by atoms with Crippen molar-refractivity contribution in [2.24, 2.45) is 0 Å². The summed E-state index contributed by atoms with van der Waals surface area (Å²) in [6.07, 6.45) is 4.37. The van der Waals surface area contributed by atoms with E-state index in [2.05, 4.69) is 22.1 Å². The topological polar surface area (TPSA) is 58.2 Å². The first-order valence-electron chi connectivity index (χ1n) is 7.58. The van der Waals surface area contributed by atoms with E-state index >= 15 is 0 Å². The number of nitrogens with one attached hydrogen (secondary N) is 1. The van der Waals surface area contributed by atoms with E-state index in [1.54, 1.807) is 0 Å². The molecule has 2 atom stereocenters. The maximum absolute atomic E-state index is 12.4. The normalized spacial score (nSPS) is 28.9. The van der Waals surface area contributed by atoms with E-state index in [1.165, 1.54) is 12.8 Å². The molecule has 2 bridgehead atoms. The minimum Gasteiger partial charge on any atom is -0.457 e. The van der Waals surface area contributed by atoms with Crippen molar-refractivity contribution in [1.82, 2.24) is 15.1 Å². The van der Waals surface area contributed by atoms with Gasteiger partial charge in [0.25, 0.3) is 0 Å². The highest BCUT2D eigenvalue weighted by Gasteiger charge is 2.40. The second kappa shape index (κ2) is 4.84. The van der Waals surface area contributed by atoms with E-state index in [0.29, 0.717) is 17.8 Å². The standard InChI is InChI=1S/C16H19N3O2/c1-19-10-6-7-11(19)9-12(8-10)21-16(20)15-13-4-2-3-5-14(13)17-18-15/h2-5,10-12H,6-9H2,1H3,(H,17,18)/t10-,11-/m0/s1. The molecule has 2 saturated heterocycles. The molecule has 2 aliphatic rings. The zero-order valence-electron chi connectivity index (χ0n) is 12.1. The van der Waals surface area contributed by atoms with Gasteiger partial charge in [-0.05, 0) is 26.0 Å². The zero-order valence-corrected chi connectivity index (χ0v) is 12.1. The van der Waals surface area contributed by atoms with E-state index in [9.17, 15) is 4.79 Å². The second-order valence-corrected chi connectivity index (χ2v) is 6.17. The van der Waals surface area contributed by atoms with E-state index in [0.717, 1.165) is 23.7 Å². The molecule has 1 aromatic heterocycles. The Labute approximate surface area is 123 Å². The van der Waals surface area contributed by atoms with Crippen molar-refractivity contribution >= 4 is 16.9 Å². The number of esters is 1. The summed E-state index contributed by atoms with van der Waals surface area (Å²) in [7, 11) is 2.18. The van der Waals surface area contributed by atoms with Crippen LogP contribution in [0.5, 0.6) is 0 Å². The Kier molecular flexibility index (Phi) is 2.96. The van der Waals surface area contributed by atoms with Gasteiger partial charge in [0, 0.05) is 30.3 Å². The van der Waals surface area contributed by atoms with Gasteiger partial charge in [-0.1, -0.05) is 18.2 Å². The number of aromatic nitrogens is 2. The monoisotopic (exact) mass is 285 g/mol. The van der Waals surface area contributed by atoms with Gasteiger partial charge < -0.3 is 9.64 Å². The third-order valence-electron chi connectivity index (χ3n) is 4.99. The summed E-state index contributed by atoms with van der Waals surface area (Å²) in [4.78, 5) is 14.8. The van der Waals surface area contributed by atoms with Crippen LogP contribution in [0, 0.1) is 0 Å². The number of rotatable bonds is 2. The highest BCUT2D eigenvalue weighted by Crippen LogP contribution is 2.35. The lowest BCUT2D eigenvalue weighted by atomic mass is 10.0. The van der Waals surface area contributed by atoms with Crippen molar-refractivity contribution in [2.45, 2.75) is 43.9 Å². The van der Waals surface area contributed by atoms with Crippen molar-refractivity contribution in [3.05, 3.63) is 30.0 Å². The molecular formula is C16H19N3O2. The first-order chi connectivity index (χ1) is 10.2. The van der Waals surface area contributed by atoms with Gasteiger partial charge in [0.05, 0.1) is 5.52 Å². The predicted octanol–water partition coefficient (Wildman–Crippen LogP) is 2.34. The lowest BCUT2D eigenvalue weighted by Crippen LogP contribution is -2.43. The predicted molar refractivity (Wildman–Crippen MR) is 79.1 cm³/mol. The Morgan fingerprint density at radius 3 is 2.76 bits per heavy atom. The average Bonchev–Trinajstić information content (AvgIpc) is 2.98. The van der Waals surface area contributed by atoms with Crippen LogP contribution in [0.25, 0.3) is 10.9 Å². The van der Waals surface area contributed by atoms with Crippen molar-refractivity contribution in [1.29, 1.82) is 0 Å². The molecular weight excluding hydrogens is 266 g/mol. The minimum absolute atomic E-state index is 0.0293. The summed E-state index contributed by atoms with van der Waals surface area (Å²) < 4.78 is 5.72. The van der Waals surface area contributed by atoms with Gasteiger partial charge >= 0.3 is 5.97 Å². The van der Waals surface area contributed by atoms with Gasteiger partial charge in [0.1, 0.15) is 6.10 Å². The van der Waals surface area contributed by atoms with Crippen LogP contribution in [0.2, 0.25) is 0 Å². The molecule has 110 valence electrons. The Morgan fingerprint density at radius 2 is 2.00 bits per heavy atom. The van der Waals surface area contributed by atoms with Gasteiger partial charge in [-0.25, -0.2) is 4.79 Å². The van der Waals surface area contributed by atoms with Crippen LogP contribution >= 0.6 is 0 Å². The van der Waals surface area contributed by atoms with Crippen LogP contribution in [0.3, 0.4) is 0 Å². The molecule has 5 heteroatoms. The van der Waals surface area contributed by atoms with Crippen molar-refractivity contribution in [3.63, 3.8) is 0 Å². The van der Waals surface area contributed by atoms with Gasteiger partial charge in [0.15, 0.2) is 5.69 Å². The summed E-state index contributed by atoms with van der Waals surface area (Å²) in [5.74, 6) is -0.304. The largest absolute Gasteiger partial charge is 0.457 e. The van der Waals surface area contributed by atoms with E-state index in [1.807, 2.05) is 24.3 Å². The van der Waals surface area contributed by atoms with Gasteiger partial charge in [-0.15, -0.1) is 0 Å². The Balaban J connectivity index is 1.51. The smallest absolute Gasteiger partial charge is 0.359 e. The molecule has 21 heavy (non-hydrogen) atoms. The third kappa shape index (κ3) is 2.12. The van der Waals surface area contributed by atoms with Crippen LogP contribution in [-0.4, -0.2) is 46.3 Å². The van der Waals surface area contributed by atoms with Gasteiger partial charge in [0.2, 0.25) is 0 Å². The molecule has 0 aliphatic carbocycles. The molecule has 2 fully saturated rings. The molecule has 4 rings (SSSR count). The molecule has 0 saturated carbocycles. The summed E-state index contributed by atoms with van der Waals surface area (Å²) in [6.45, 7) is 0. The van der Waals surface area contributed by atoms with E-state index < -0.39 is 0 Å². The lowest BCUT2D eigenvalue weighted by molar-refractivity contribution is -0.000805. The number of H-pyrrole nitrogens is 1. The highest BCUT2D eigenvalue weighted by molar-refractivity contribution is 6.01. The first-order valence-corrected chi connectivity index (χ1v) is 7.58. The summed E-state index contributed by atoms with van der Waals surface area (Å²) >= 11 is 0. The average molecular weight is 285 g/mol. The maximum Gasteiger partial charge on any atom is 0.359 e. The van der Waals surface area contributed by atoms with Gasteiger partial charge in [-0.2, -0.15) is 5.10 Å². The van der Waals surface area contributed by atoms with E-state index in [4.69, 9.17) is 4.74 Å². The molecule has 1 N–H and O–H groups in total. The number of nitrogens with zero attached hydrogens (tertiary/aromatic N) is 2. The lowest BCUT2D eigenvalue weighted by Gasteiger charge is -2.35. The molecule has 2 aliphatic heterocycles. The fraction of sp³-hybridized carbons (Fsp3) is 0.500. The summed E-state index contributed by atoms with van der Waals surface area (Å²) in [5, 5.41) is 7.84. The molecule has 1 aromatic carbocycles. The molecule has 2 aromatic rings. The van der Waals surface area contributed by atoms with Crippen LogP contribution in [-0.2, 0) is 4.74 Å². The molecule has 0 radical (unpaired) electrons. The molecule has 3 heterocycles. The van der Waals surface area contributed by atoms with Crippen LogP contribution in [0.4, 0.5) is 0 Å². The number of para-hydroxylation sites is 1. The number of carbonyl (C=O) groups is 1. The number of piperidine rings is 1. The number of ether oxygens (including phenoxy) is 1. The van der Waals surface area contributed by atoms with E-state index in [-0.39, 0.29) is 12.1 Å². The molecule has 0 amide bonds. The fourth-order valence-electron chi connectivity index (χ4n) is 3.78. The maximum atomic E-state index is 12.4. The van der Waals surface area contributed by atoms with Crippen LogP contribution < -0.4 is 0 Å². The highest BCUT2D eigenvalue weighted by atomic mass is 16.5. The number of hydrogen-bond donors (Lipinski definition) is 1. The number of fused-ring (bicyclic) bond motifs is 3. The van der Waals surface area contributed by atoms with Crippen molar-refractivity contribution in [2.75, 3.05) is 7.05 Å². The molecule has 5 nitrogen and oxygen atoms in total. The number of hydrogen-bond acceptors (Lipinski definition) is 4. The number of benzene rings is 1. The van der Waals surface area contributed by atoms with Crippen LogP contribution in [0.1, 0.15) is 36.2 Å². The first kappa shape index (κ1) is 12.8. The Bertz CT molecular complexity index is 667. The zero-order chi connectivity index (χ0) is 14.4. The second-order valence-electron chi connectivity index (χ2n) is 6.17. The van der Waals surface area contributed by atoms with Crippen LogP contribution in [0.15, 0.2) is 24.3 Å². The Hall–Kier alpha value is -1.88. The third-order valence-corrected chi connectivity index (χ3v) is 4.99. The number of aromatic amines is 1. The van der Waals surface area contributed by atoms with Crippen molar-refractivity contribution in [3.8, 4) is 0 Å². The van der Waals surface area contributed by atoms with Gasteiger partial charge in [-0.3, -0.25) is 5.10 Å². The molecule has 0 unspecified atom stereocenters. The minimum atomic E-state index is -0.304. The quantitative estimate of drug-likeness (QED) is 0.860.